The van der Waals surface area contributed by atoms with E-state index < -0.39 is 0 Å². The second-order valence-corrected chi connectivity index (χ2v) is 5.06. The largest absolute Gasteiger partial charge is 0.379 e. The van der Waals surface area contributed by atoms with E-state index in [1.54, 1.807) is 18.3 Å². The summed E-state index contributed by atoms with van der Waals surface area (Å²) in [5, 5.41) is 13.7. The first-order valence-electron chi connectivity index (χ1n) is 5.96. The molecule has 5 nitrogen and oxygen atoms in total. The molecule has 0 fully saturated rings. The van der Waals surface area contributed by atoms with Gasteiger partial charge in [-0.2, -0.15) is 5.26 Å². The van der Waals surface area contributed by atoms with Crippen molar-refractivity contribution < 1.29 is 0 Å². The summed E-state index contributed by atoms with van der Waals surface area (Å²) in [7, 11) is 0. The molecule has 1 aromatic carbocycles. The van der Waals surface area contributed by atoms with Crippen LogP contribution in [0.4, 0.5) is 5.69 Å². The van der Waals surface area contributed by atoms with Crippen LogP contribution in [-0.2, 0) is 6.54 Å². The third kappa shape index (κ3) is 2.39. The molecule has 0 saturated carbocycles. The maximum atomic E-state index is 11.8. The second-order valence-electron chi connectivity index (χ2n) is 4.18. The third-order valence-corrected chi connectivity index (χ3v) is 3.60. The summed E-state index contributed by atoms with van der Waals surface area (Å²) in [4.78, 5) is 16.9. The zero-order valence-electron chi connectivity index (χ0n) is 10.4. The first-order chi connectivity index (χ1) is 9.76. The average Bonchev–Trinajstić information content (AvgIpc) is 2.94. The van der Waals surface area contributed by atoms with Gasteiger partial charge < -0.3 is 5.32 Å². The van der Waals surface area contributed by atoms with Crippen LogP contribution in [0.25, 0.3) is 4.96 Å². The summed E-state index contributed by atoms with van der Waals surface area (Å²) >= 11 is 1.43. The molecule has 1 N–H and O–H groups in total. The van der Waals surface area contributed by atoms with Crippen LogP contribution in [-0.4, -0.2) is 9.38 Å². The topological polar surface area (TPSA) is 70.2 Å². The van der Waals surface area contributed by atoms with Crippen LogP contribution >= 0.6 is 11.3 Å². The maximum absolute atomic E-state index is 11.8. The molecule has 0 aliphatic carbocycles. The molecule has 0 saturated heterocycles. The fourth-order valence-electron chi connectivity index (χ4n) is 1.83. The first kappa shape index (κ1) is 12.4. The van der Waals surface area contributed by atoms with Gasteiger partial charge in [0.05, 0.1) is 23.9 Å². The lowest BCUT2D eigenvalue weighted by Crippen LogP contribution is -2.14. The van der Waals surface area contributed by atoms with Crippen molar-refractivity contribution >= 4 is 22.0 Å². The van der Waals surface area contributed by atoms with Crippen molar-refractivity contribution in [2.24, 2.45) is 0 Å². The minimum Gasteiger partial charge on any atom is -0.379 e. The molecule has 0 aliphatic rings. The number of aromatic nitrogens is 2. The number of benzene rings is 1. The van der Waals surface area contributed by atoms with Gasteiger partial charge in [-0.3, -0.25) is 9.20 Å². The van der Waals surface area contributed by atoms with Crippen molar-refractivity contribution in [2.45, 2.75) is 6.54 Å². The lowest BCUT2D eigenvalue weighted by atomic mass is 10.2. The molecular formula is C14H10N4OS. The average molecular weight is 282 g/mol. The molecule has 0 bridgehead atoms. The van der Waals surface area contributed by atoms with E-state index in [0.29, 0.717) is 22.8 Å². The van der Waals surface area contributed by atoms with E-state index in [2.05, 4.69) is 16.4 Å². The third-order valence-electron chi connectivity index (χ3n) is 2.84. The fourth-order valence-corrected chi connectivity index (χ4v) is 2.57. The smallest absolute Gasteiger partial charge is 0.258 e. The fraction of sp³-hybridized carbons (Fsp3) is 0.0714. The Hall–Kier alpha value is -2.65. The number of nitriles is 1. The lowest BCUT2D eigenvalue weighted by molar-refractivity contribution is 0.990. The second kappa shape index (κ2) is 5.15. The molecule has 6 heteroatoms. The van der Waals surface area contributed by atoms with Crippen LogP contribution in [0, 0.1) is 11.3 Å². The van der Waals surface area contributed by atoms with Crippen LogP contribution in [0.2, 0.25) is 0 Å². The van der Waals surface area contributed by atoms with E-state index in [-0.39, 0.29) is 5.56 Å². The van der Waals surface area contributed by atoms with Gasteiger partial charge in [-0.1, -0.05) is 0 Å². The number of hydrogen-bond donors (Lipinski definition) is 1. The van der Waals surface area contributed by atoms with Crippen LogP contribution in [0.3, 0.4) is 0 Å². The van der Waals surface area contributed by atoms with Crippen molar-refractivity contribution in [3.63, 3.8) is 0 Å². The van der Waals surface area contributed by atoms with Gasteiger partial charge in [-0.15, -0.1) is 11.3 Å². The van der Waals surface area contributed by atoms with Gasteiger partial charge in [-0.25, -0.2) is 4.98 Å². The Balaban J connectivity index is 1.79. The summed E-state index contributed by atoms with van der Waals surface area (Å²) in [6, 6.07) is 10.7. The number of hydrogen-bond acceptors (Lipinski definition) is 5. The molecule has 98 valence electrons. The van der Waals surface area contributed by atoms with E-state index in [1.807, 2.05) is 17.5 Å². The minimum atomic E-state index is -0.0760. The van der Waals surface area contributed by atoms with Gasteiger partial charge in [0, 0.05) is 23.3 Å². The molecule has 0 unspecified atom stereocenters. The monoisotopic (exact) mass is 282 g/mol. The van der Waals surface area contributed by atoms with E-state index in [4.69, 9.17) is 5.26 Å². The van der Waals surface area contributed by atoms with Gasteiger partial charge in [0.25, 0.3) is 5.56 Å². The molecule has 20 heavy (non-hydrogen) atoms. The Kier molecular flexibility index (Phi) is 3.19. The quantitative estimate of drug-likeness (QED) is 0.799. The standard InChI is InChI=1S/C14H10N4OS/c15-8-10-1-3-11(4-2-10)16-9-12-7-13(19)18-5-6-20-14(18)17-12/h1-7,16H,9H2. The Morgan fingerprint density at radius 3 is 2.90 bits per heavy atom. The number of thiazole rings is 1. The molecule has 0 aliphatic heterocycles. The summed E-state index contributed by atoms with van der Waals surface area (Å²) in [6.07, 6.45) is 1.72. The molecule has 2 aromatic heterocycles. The molecule has 3 aromatic rings. The van der Waals surface area contributed by atoms with E-state index in [0.717, 1.165) is 5.69 Å². The van der Waals surface area contributed by atoms with Crippen molar-refractivity contribution in [3.8, 4) is 6.07 Å². The van der Waals surface area contributed by atoms with Crippen molar-refractivity contribution in [3.05, 3.63) is 63.5 Å². The maximum Gasteiger partial charge on any atom is 0.258 e. The van der Waals surface area contributed by atoms with E-state index in [9.17, 15) is 4.79 Å². The normalized spacial score (nSPS) is 10.3. The number of rotatable bonds is 3. The highest BCUT2D eigenvalue weighted by molar-refractivity contribution is 7.15. The molecule has 0 amide bonds. The number of anilines is 1. The van der Waals surface area contributed by atoms with E-state index in [1.165, 1.54) is 21.8 Å². The number of fused-ring (bicyclic) bond motifs is 1. The predicted molar refractivity (Wildman–Crippen MR) is 77.8 cm³/mol. The SMILES string of the molecule is N#Cc1ccc(NCc2cc(=O)n3ccsc3n2)cc1. The molecule has 2 heterocycles. The molecule has 0 radical (unpaired) electrons. The zero-order valence-corrected chi connectivity index (χ0v) is 11.2. The highest BCUT2D eigenvalue weighted by atomic mass is 32.1. The molecule has 0 atom stereocenters. The van der Waals surface area contributed by atoms with E-state index >= 15 is 0 Å². The lowest BCUT2D eigenvalue weighted by Gasteiger charge is -2.05. The number of nitrogens with one attached hydrogen (secondary N) is 1. The Morgan fingerprint density at radius 2 is 2.15 bits per heavy atom. The van der Waals surface area contributed by atoms with Crippen LogP contribution < -0.4 is 10.9 Å². The van der Waals surface area contributed by atoms with Gasteiger partial charge in [0.15, 0.2) is 4.96 Å². The summed E-state index contributed by atoms with van der Waals surface area (Å²) < 4.78 is 1.52. The van der Waals surface area contributed by atoms with Crippen molar-refractivity contribution in [2.75, 3.05) is 5.32 Å². The van der Waals surface area contributed by atoms with Gasteiger partial charge in [0.2, 0.25) is 0 Å². The highest BCUT2D eigenvalue weighted by Crippen LogP contribution is 2.11. The first-order valence-corrected chi connectivity index (χ1v) is 6.84. The van der Waals surface area contributed by atoms with Crippen LogP contribution in [0.1, 0.15) is 11.3 Å². The van der Waals surface area contributed by atoms with Crippen molar-refractivity contribution in [1.82, 2.24) is 9.38 Å². The Bertz CT molecular complexity index is 842. The van der Waals surface area contributed by atoms with Crippen LogP contribution in [0.5, 0.6) is 0 Å². The minimum absolute atomic E-state index is 0.0760. The highest BCUT2D eigenvalue weighted by Gasteiger charge is 2.03. The molecule has 0 spiro atoms. The van der Waals surface area contributed by atoms with Gasteiger partial charge in [-0.05, 0) is 24.3 Å². The number of nitrogens with zero attached hydrogens (tertiary/aromatic N) is 3. The summed E-state index contributed by atoms with van der Waals surface area (Å²) in [6.45, 7) is 0.468. The molecular weight excluding hydrogens is 272 g/mol. The Morgan fingerprint density at radius 1 is 1.35 bits per heavy atom. The molecule has 3 rings (SSSR count). The Labute approximate surface area is 118 Å². The zero-order chi connectivity index (χ0) is 13.9. The van der Waals surface area contributed by atoms with Crippen LogP contribution in [0.15, 0.2) is 46.7 Å². The predicted octanol–water partition coefficient (Wildman–Crippen LogP) is 2.24. The summed E-state index contributed by atoms with van der Waals surface area (Å²) in [5.41, 5.74) is 2.12. The van der Waals surface area contributed by atoms with Gasteiger partial charge in [0.1, 0.15) is 0 Å². The summed E-state index contributed by atoms with van der Waals surface area (Å²) in [5.74, 6) is 0. The van der Waals surface area contributed by atoms with Crippen molar-refractivity contribution in [1.29, 1.82) is 5.26 Å². The van der Waals surface area contributed by atoms with Gasteiger partial charge >= 0.3 is 0 Å².